The summed E-state index contributed by atoms with van der Waals surface area (Å²) in [5, 5.41) is 11.8. The largest absolute Gasteiger partial charge is 0.308 e. The van der Waals surface area contributed by atoms with Crippen LogP contribution in [0.2, 0.25) is 0 Å². The smallest absolute Gasteiger partial charge is 0.273 e. The van der Waals surface area contributed by atoms with Crippen molar-refractivity contribution in [3.05, 3.63) is 63.7 Å². The number of rotatable bonds is 6. The molecule has 0 aliphatic rings. The Bertz CT molecular complexity index is 973. The molecule has 28 heavy (non-hydrogen) atoms. The van der Waals surface area contributed by atoms with Crippen LogP contribution in [-0.2, 0) is 0 Å². The predicted molar refractivity (Wildman–Crippen MR) is 115 cm³/mol. The van der Waals surface area contributed by atoms with Gasteiger partial charge in [0.2, 0.25) is 0 Å². The van der Waals surface area contributed by atoms with Crippen LogP contribution < -0.4 is 4.90 Å². The molecule has 0 saturated carbocycles. The van der Waals surface area contributed by atoms with Crippen LogP contribution in [-0.4, -0.2) is 47.9 Å². The minimum absolute atomic E-state index is 0. The van der Waals surface area contributed by atoms with Gasteiger partial charge in [0.05, 0.1) is 15.1 Å². The summed E-state index contributed by atoms with van der Waals surface area (Å²) in [4.78, 5) is 32.2. The highest BCUT2D eigenvalue weighted by atomic mass is 35.5. The van der Waals surface area contributed by atoms with E-state index in [4.69, 9.17) is 0 Å². The third kappa shape index (κ3) is 4.46. The molecule has 0 bridgehead atoms. The number of para-hydroxylation sites is 1. The molecule has 0 unspecified atom stereocenters. The van der Waals surface area contributed by atoms with Gasteiger partial charge in [-0.05, 0) is 39.2 Å². The molecular formula is C19H21ClN4O3S. The van der Waals surface area contributed by atoms with Crippen molar-refractivity contribution in [1.82, 2.24) is 9.88 Å². The van der Waals surface area contributed by atoms with Gasteiger partial charge < -0.3 is 4.90 Å². The van der Waals surface area contributed by atoms with Crippen molar-refractivity contribution in [2.75, 3.05) is 32.1 Å². The Labute approximate surface area is 173 Å². The number of nitrogens with zero attached hydrogens (tertiary/aromatic N) is 4. The monoisotopic (exact) mass is 420 g/mol. The first kappa shape index (κ1) is 21.7. The molecule has 7 nitrogen and oxygen atoms in total. The SMILES string of the molecule is Cc1c(C(=O)N(CCN(C)C)c2nc3ccccc3s2)cccc1[N+](=O)[O-].Cl. The van der Waals surface area contributed by atoms with Gasteiger partial charge in [0.15, 0.2) is 5.13 Å². The molecule has 0 aliphatic carbocycles. The third-order valence-electron chi connectivity index (χ3n) is 4.26. The number of fused-ring (bicyclic) bond motifs is 1. The molecule has 2 aromatic carbocycles. The van der Waals surface area contributed by atoms with Gasteiger partial charge in [-0.3, -0.25) is 19.8 Å². The molecule has 0 N–H and O–H groups in total. The number of amides is 1. The van der Waals surface area contributed by atoms with E-state index < -0.39 is 4.92 Å². The Balaban J connectivity index is 0.00000280. The lowest BCUT2D eigenvalue weighted by molar-refractivity contribution is -0.385. The van der Waals surface area contributed by atoms with Crippen molar-refractivity contribution in [1.29, 1.82) is 0 Å². The number of nitro groups is 1. The fourth-order valence-electron chi connectivity index (χ4n) is 2.76. The highest BCUT2D eigenvalue weighted by Gasteiger charge is 2.25. The maximum absolute atomic E-state index is 13.3. The van der Waals surface area contributed by atoms with Gasteiger partial charge in [0.25, 0.3) is 11.6 Å². The Morgan fingerprint density at radius 3 is 2.50 bits per heavy atom. The average molecular weight is 421 g/mol. The molecule has 0 radical (unpaired) electrons. The summed E-state index contributed by atoms with van der Waals surface area (Å²) in [6, 6.07) is 12.3. The maximum atomic E-state index is 13.3. The molecule has 0 spiro atoms. The second kappa shape index (κ2) is 9.09. The summed E-state index contributed by atoms with van der Waals surface area (Å²) < 4.78 is 0.992. The number of hydrogen-bond donors (Lipinski definition) is 0. The molecular weight excluding hydrogens is 400 g/mol. The highest BCUT2D eigenvalue weighted by Crippen LogP contribution is 2.31. The number of benzene rings is 2. The Kier molecular flexibility index (Phi) is 7.06. The quantitative estimate of drug-likeness (QED) is 0.442. The molecule has 0 atom stereocenters. The first-order valence-corrected chi connectivity index (χ1v) is 9.26. The summed E-state index contributed by atoms with van der Waals surface area (Å²) in [6.45, 7) is 2.69. The second-order valence-corrected chi connectivity index (χ2v) is 7.44. The number of hydrogen-bond acceptors (Lipinski definition) is 6. The van der Waals surface area contributed by atoms with Gasteiger partial charge in [0, 0.05) is 30.3 Å². The molecule has 9 heteroatoms. The van der Waals surface area contributed by atoms with Crippen LogP contribution in [0.25, 0.3) is 10.2 Å². The molecule has 1 heterocycles. The zero-order valence-corrected chi connectivity index (χ0v) is 17.4. The van der Waals surface area contributed by atoms with Crippen LogP contribution in [0.15, 0.2) is 42.5 Å². The zero-order valence-electron chi connectivity index (χ0n) is 15.8. The first-order valence-electron chi connectivity index (χ1n) is 8.44. The number of carbonyl (C=O) groups is 1. The number of halogens is 1. The summed E-state index contributed by atoms with van der Waals surface area (Å²) >= 11 is 1.44. The van der Waals surface area contributed by atoms with E-state index in [-0.39, 0.29) is 24.0 Å². The highest BCUT2D eigenvalue weighted by molar-refractivity contribution is 7.22. The number of thiazole rings is 1. The van der Waals surface area contributed by atoms with Crippen molar-refractivity contribution in [3.63, 3.8) is 0 Å². The standard InChI is InChI=1S/C19H20N4O3S.ClH/c1-13-14(7-6-9-16(13)23(25)26)18(24)22(12-11-21(2)3)19-20-15-8-4-5-10-17(15)27-19;/h4-10H,11-12H2,1-3H3;1H. The van der Waals surface area contributed by atoms with E-state index in [0.717, 1.165) is 10.2 Å². The molecule has 148 valence electrons. The second-order valence-electron chi connectivity index (χ2n) is 6.43. The summed E-state index contributed by atoms with van der Waals surface area (Å²) in [5.74, 6) is -0.280. The lowest BCUT2D eigenvalue weighted by Gasteiger charge is -2.22. The van der Waals surface area contributed by atoms with Crippen molar-refractivity contribution >= 4 is 50.7 Å². The Morgan fingerprint density at radius 1 is 1.14 bits per heavy atom. The van der Waals surface area contributed by atoms with Gasteiger partial charge in [-0.1, -0.05) is 29.5 Å². The lowest BCUT2D eigenvalue weighted by Crippen LogP contribution is -2.37. The Hall–Kier alpha value is -2.55. The summed E-state index contributed by atoms with van der Waals surface area (Å²) in [6.07, 6.45) is 0. The van der Waals surface area contributed by atoms with Crippen molar-refractivity contribution < 1.29 is 9.72 Å². The molecule has 0 saturated heterocycles. The number of carbonyl (C=O) groups excluding carboxylic acids is 1. The first-order chi connectivity index (χ1) is 12.9. The van der Waals surface area contributed by atoms with Crippen LogP contribution in [0.3, 0.4) is 0 Å². The van der Waals surface area contributed by atoms with E-state index in [0.29, 0.717) is 29.3 Å². The van der Waals surface area contributed by atoms with Gasteiger partial charge in [-0.25, -0.2) is 4.98 Å². The normalized spacial score (nSPS) is 10.7. The minimum Gasteiger partial charge on any atom is -0.308 e. The topological polar surface area (TPSA) is 79.6 Å². The van der Waals surface area contributed by atoms with Crippen LogP contribution >= 0.6 is 23.7 Å². The fraction of sp³-hybridized carbons (Fsp3) is 0.263. The molecule has 3 aromatic rings. The Morgan fingerprint density at radius 2 is 1.86 bits per heavy atom. The number of aromatic nitrogens is 1. The van der Waals surface area contributed by atoms with Crippen LogP contribution in [0.4, 0.5) is 10.8 Å². The predicted octanol–water partition coefficient (Wildman–Crippen LogP) is 4.14. The van der Waals surface area contributed by atoms with E-state index in [1.165, 1.54) is 17.4 Å². The van der Waals surface area contributed by atoms with E-state index >= 15 is 0 Å². The van der Waals surface area contributed by atoms with Crippen molar-refractivity contribution in [2.24, 2.45) is 0 Å². The number of likely N-dealkylation sites (N-methyl/N-ethyl adjacent to an activating group) is 1. The fourth-order valence-corrected chi connectivity index (χ4v) is 3.75. The van der Waals surface area contributed by atoms with E-state index in [9.17, 15) is 14.9 Å². The van der Waals surface area contributed by atoms with E-state index in [1.807, 2.05) is 43.3 Å². The van der Waals surface area contributed by atoms with Gasteiger partial charge in [0.1, 0.15) is 0 Å². The molecule has 0 aliphatic heterocycles. The molecule has 1 amide bonds. The maximum Gasteiger partial charge on any atom is 0.273 e. The van der Waals surface area contributed by atoms with Crippen molar-refractivity contribution in [3.8, 4) is 0 Å². The van der Waals surface area contributed by atoms with Gasteiger partial charge in [-0.15, -0.1) is 12.4 Å². The van der Waals surface area contributed by atoms with Crippen LogP contribution in [0.1, 0.15) is 15.9 Å². The molecule has 1 aromatic heterocycles. The third-order valence-corrected chi connectivity index (χ3v) is 5.32. The van der Waals surface area contributed by atoms with Crippen LogP contribution in [0, 0.1) is 17.0 Å². The van der Waals surface area contributed by atoms with E-state index in [2.05, 4.69) is 4.98 Å². The van der Waals surface area contributed by atoms with Crippen LogP contribution in [0.5, 0.6) is 0 Å². The van der Waals surface area contributed by atoms with Gasteiger partial charge >= 0.3 is 0 Å². The average Bonchev–Trinajstić information content (AvgIpc) is 3.05. The van der Waals surface area contributed by atoms with Crippen molar-refractivity contribution in [2.45, 2.75) is 6.92 Å². The van der Waals surface area contributed by atoms with E-state index in [1.54, 1.807) is 24.0 Å². The summed E-state index contributed by atoms with van der Waals surface area (Å²) in [7, 11) is 3.86. The number of anilines is 1. The molecule has 0 fully saturated rings. The number of nitro benzene ring substituents is 1. The van der Waals surface area contributed by atoms with Gasteiger partial charge in [-0.2, -0.15) is 0 Å². The zero-order chi connectivity index (χ0) is 19.6. The lowest BCUT2D eigenvalue weighted by atomic mass is 10.1. The molecule has 3 rings (SSSR count). The minimum atomic E-state index is -0.464. The summed E-state index contributed by atoms with van der Waals surface area (Å²) in [5.41, 5.74) is 1.46.